The maximum absolute atomic E-state index is 12.3. The number of aromatic nitrogens is 2. The fraction of sp³-hybridized carbons (Fsp3) is 0.200. The highest BCUT2D eigenvalue weighted by atomic mass is 16.5. The largest absolute Gasteiger partial charge is 0.497 e. The van der Waals surface area contributed by atoms with Gasteiger partial charge in [0, 0.05) is 11.6 Å². The molecular formula is C20H19N3O2. The Labute approximate surface area is 146 Å². The monoisotopic (exact) mass is 333 g/mol. The lowest BCUT2D eigenvalue weighted by Crippen LogP contribution is -2.17. The first-order valence-electron chi connectivity index (χ1n) is 8.33. The fourth-order valence-corrected chi connectivity index (χ4v) is 3.15. The van der Waals surface area contributed by atoms with Crippen LogP contribution in [0.3, 0.4) is 0 Å². The number of aryl methyl sites for hydroxylation is 1. The van der Waals surface area contributed by atoms with E-state index in [2.05, 4.69) is 22.5 Å². The van der Waals surface area contributed by atoms with E-state index < -0.39 is 0 Å². The zero-order valence-corrected chi connectivity index (χ0v) is 14.0. The van der Waals surface area contributed by atoms with Crippen molar-refractivity contribution in [3.63, 3.8) is 0 Å². The van der Waals surface area contributed by atoms with Crippen molar-refractivity contribution < 1.29 is 9.53 Å². The summed E-state index contributed by atoms with van der Waals surface area (Å²) in [6.45, 7) is 0. The molecule has 0 saturated carbocycles. The molecule has 3 aromatic rings. The standard InChI is InChI=1S/C20H19N3O2/c1-25-16-10-8-15(9-11-16)17-13-19-21-20(24)18(23(19)22-17)12-7-14-5-3-2-4-6-14/h2-6,8-11,13,18H,7,12H2,1H3,(H,21,24). The maximum atomic E-state index is 12.3. The van der Waals surface area contributed by atoms with Crippen LogP contribution in [0.1, 0.15) is 18.0 Å². The number of hydrogen-bond acceptors (Lipinski definition) is 3. The number of methoxy groups -OCH3 is 1. The van der Waals surface area contributed by atoms with Gasteiger partial charge in [0.25, 0.3) is 0 Å². The minimum absolute atomic E-state index is 0.0136. The van der Waals surface area contributed by atoms with Gasteiger partial charge in [0.15, 0.2) is 0 Å². The lowest BCUT2D eigenvalue weighted by molar-refractivity contribution is -0.118. The summed E-state index contributed by atoms with van der Waals surface area (Å²) in [6.07, 6.45) is 1.57. The molecule has 126 valence electrons. The number of nitrogens with zero attached hydrogens (tertiary/aromatic N) is 2. The minimum atomic E-state index is -0.262. The van der Waals surface area contributed by atoms with Crippen LogP contribution in [0.2, 0.25) is 0 Å². The van der Waals surface area contributed by atoms with E-state index >= 15 is 0 Å². The molecule has 5 heteroatoms. The van der Waals surface area contributed by atoms with Crippen LogP contribution in [0.25, 0.3) is 11.3 Å². The van der Waals surface area contributed by atoms with E-state index in [1.165, 1.54) is 5.56 Å². The second-order valence-corrected chi connectivity index (χ2v) is 6.12. The molecule has 2 aromatic carbocycles. The first kappa shape index (κ1) is 15.4. The number of anilines is 1. The van der Waals surface area contributed by atoms with E-state index in [1.54, 1.807) is 7.11 Å². The molecule has 1 atom stereocenters. The topological polar surface area (TPSA) is 56.2 Å². The molecule has 1 N–H and O–H groups in total. The van der Waals surface area contributed by atoms with Crippen LogP contribution in [-0.4, -0.2) is 22.8 Å². The number of ether oxygens (including phenoxy) is 1. The number of fused-ring (bicyclic) bond motifs is 1. The van der Waals surface area contributed by atoms with Crippen LogP contribution in [0, 0.1) is 0 Å². The second-order valence-electron chi connectivity index (χ2n) is 6.12. The maximum Gasteiger partial charge on any atom is 0.250 e. The van der Waals surface area contributed by atoms with E-state index in [1.807, 2.05) is 53.2 Å². The smallest absolute Gasteiger partial charge is 0.250 e. The average molecular weight is 333 g/mol. The molecule has 25 heavy (non-hydrogen) atoms. The molecule has 1 unspecified atom stereocenters. The molecule has 1 aliphatic heterocycles. The van der Waals surface area contributed by atoms with Gasteiger partial charge in [0.05, 0.1) is 12.8 Å². The van der Waals surface area contributed by atoms with Crippen molar-refractivity contribution in [1.82, 2.24) is 9.78 Å². The second kappa shape index (κ2) is 6.43. The van der Waals surface area contributed by atoms with Gasteiger partial charge in [-0.15, -0.1) is 0 Å². The molecule has 2 heterocycles. The highest BCUT2D eigenvalue weighted by molar-refractivity contribution is 5.97. The van der Waals surface area contributed by atoms with Crippen LogP contribution >= 0.6 is 0 Å². The average Bonchev–Trinajstić information content (AvgIpc) is 3.18. The highest BCUT2D eigenvalue weighted by Crippen LogP contribution is 2.32. The normalized spacial score (nSPS) is 15.7. The quantitative estimate of drug-likeness (QED) is 0.775. The van der Waals surface area contributed by atoms with Gasteiger partial charge in [-0.1, -0.05) is 30.3 Å². The van der Waals surface area contributed by atoms with Gasteiger partial charge in [-0.2, -0.15) is 5.10 Å². The van der Waals surface area contributed by atoms with Crippen molar-refractivity contribution in [3.8, 4) is 17.0 Å². The molecular weight excluding hydrogens is 314 g/mol. The number of amides is 1. The Morgan fingerprint density at radius 1 is 1.12 bits per heavy atom. The van der Waals surface area contributed by atoms with E-state index in [0.717, 1.165) is 35.7 Å². The van der Waals surface area contributed by atoms with Gasteiger partial charge in [-0.25, -0.2) is 4.68 Å². The van der Waals surface area contributed by atoms with E-state index in [-0.39, 0.29) is 11.9 Å². The summed E-state index contributed by atoms with van der Waals surface area (Å²) < 4.78 is 7.00. The summed E-state index contributed by atoms with van der Waals surface area (Å²) in [4.78, 5) is 12.3. The van der Waals surface area contributed by atoms with Gasteiger partial charge in [0.1, 0.15) is 17.6 Å². The van der Waals surface area contributed by atoms with E-state index in [0.29, 0.717) is 0 Å². The molecule has 1 aliphatic rings. The molecule has 0 radical (unpaired) electrons. The van der Waals surface area contributed by atoms with Crippen molar-refractivity contribution in [2.24, 2.45) is 0 Å². The number of hydrogen-bond donors (Lipinski definition) is 1. The summed E-state index contributed by atoms with van der Waals surface area (Å²) >= 11 is 0. The molecule has 0 fully saturated rings. The number of carbonyl (C=O) groups excluding carboxylic acids is 1. The third-order valence-electron chi connectivity index (χ3n) is 4.52. The van der Waals surface area contributed by atoms with Crippen molar-refractivity contribution in [2.75, 3.05) is 12.4 Å². The molecule has 0 bridgehead atoms. The molecule has 4 rings (SSSR count). The summed E-state index contributed by atoms with van der Waals surface area (Å²) in [5, 5.41) is 7.59. The first-order valence-corrected chi connectivity index (χ1v) is 8.33. The minimum Gasteiger partial charge on any atom is -0.497 e. The molecule has 0 aliphatic carbocycles. The first-order chi connectivity index (χ1) is 12.2. The summed E-state index contributed by atoms with van der Waals surface area (Å²) in [5.41, 5.74) is 3.08. The molecule has 1 amide bonds. The Bertz CT molecular complexity index is 885. The number of carbonyl (C=O) groups is 1. The van der Waals surface area contributed by atoms with E-state index in [4.69, 9.17) is 4.74 Å². The number of rotatable bonds is 5. The van der Waals surface area contributed by atoms with E-state index in [9.17, 15) is 4.79 Å². The third kappa shape index (κ3) is 3.01. The van der Waals surface area contributed by atoms with Gasteiger partial charge in [-0.3, -0.25) is 4.79 Å². The predicted molar refractivity (Wildman–Crippen MR) is 96.6 cm³/mol. The predicted octanol–water partition coefficient (Wildman–Crippen LogP) is 3.68. The van der Waals surface area contributed by atoms with Crippen molar-refractivity contribution in [2.45, 2.75) is 18.9 Å². The Balaban J connectivity index is 1.55. The summed E-state index contributed by atoms with van der Waals surface area (Å²) in [7, 11) is 1.65. The Morgan fingerprint density at radius 3 is 2.60 bits per heavy atom. The van der Waals surface area contributed by atoms with Crippen LogP contribution in [0.4, 0.5) is 5.82 Å². The lowest BCUT2D eigenvalue weighted by atomic mass is 10.1. The van der Waals surface area contributed by atoms with Gasteiger partial charge < -0.3 is 10.1 Å². The third-order valence-corrected chi connectivity index (χ3v) is 4.52. The summed E-state index contributed by atoms with van der Waals surface area (Å²) in [6, 6.07) is 19.6. The molecule has 5 nitrogen and oxygen atoms in total. The molecule has 1 aromatic heterocycles. The Morgan fingerprint density at radius 2 is 1.88 bits per heavy atom. The van der Waals surface area contributed by atoms with Crippen LogP contribution in [0.5, 0.6) is 5.75 Å². The molecule has 0 saturated heterocycles. The van der Waals surface area contributed by atoms with Crippen molar-refractivity contribution >= 4 is 11.7 Å². The molecule has 0 spiro atoms. The lowest BCUT2D eigenvalue weighted by Gasteiger charge is -2.09. The van der Waals surface area contributed by atoms with Crippen molar-refractivity contribution in [1.29, 1.82) is 0 Å². The van der Waals surface area contributed by atoms with Gasteiger partial charge >= 0.3 is 0 Å². The number of benzene rings is 2. The van der Waals surface area contributed by atoms with Gasteiger partial charge in [-0.05, 0) is 42.7 Å². The number of nitrogens with one attached hydrogen (secondary N) is 1. The van der Waals surface area contributed by atoms with Crippen LogP contribution in [-0.2, 0) is 11.2 Å². The van der Waals surface area contributed by atoms with Crippen molar-refractivity contribution in [3.05, 3.63) is 66.2 Å². The van der Waals surface area contributed by atoms with Gasteiger partial charge in [0.2, 0.25) is 5.91 Å². The highest BCUT2D eigenvalue weighted by Gasteiger charge is 2.31. The SMILES string of the molecule is COc1ccc(-c2cc3n(n2)C(CCc2ccccc2)C(=O)N3)cc1. The van der Waals surface area contributed by atoms with Crippen LogP contribution in [0.15, 0.2) is 60.7 Å². The zero-order valence-electron chi connectivity index (χ0n) is 14.0. The van der Waals surface area contributed by atoms with Crippen LogP contribution < -0.4 is 10.1 Å². The fourth-order valence-electron chi connectivity index (χ4n) is 3.15. The Hall–Kier alpha value is -3.08. The zero-order chi connectivity index (χ0) is 17.2. The summed E-state index contributed by atoms with van der Waals surface area (Å²) in [5.74, 6) is 1.58. The Kier molecular flexibility index (Phi) is 3.98.